The molecule has 0 saturated heterocycles. The van der Waals surface area contributed by atoms with Gasteiger partial charge in [-0.05, 0) is 19.9 Å². The smallest absolute Gasteiger partial charge is 0.168 e. The van der Waals surface area contributed by atoms with Crippen LogP contribution in [-0.2, 0) is 5.41 Å². The lowest BCUT2D eigenvalue weighted by atomic mass is 9.85. The number of halogens is 2. The van der Waals surface area contributed by atoms with Crippen LogP contribution in [0.5, 0.6) is 5.75 Å². The average Bonchev–Trinajstić information content (AvgIpc) is 2.28. The molecule has 14 heavy (non-hydrogen) atoms. The van der Waals surface area contributed by atoms with Crippen molar-refractivity contribution in [1.29, 1.82) is 0 Å². The average molecular weight is 196 g/mol. The molecule has 0 bridgehead atoms. The van der Waals surface area contributed by atoms with E-state index in [0.29, 0.717) is 11.3 Å². The first kappa shape index (κ1) is 9.19. The van der Waals surface area contributed by atoms with Gasteiger partial charge in [0, 0.05) is 11.6 Å². The summed E-state index contributed by atoms with van der Waals surface area (Å²) in [4.78, 5) is 0. The van der Waals surface area contributed by atoms with Gasteiger partial charge in [-0.15, -0.1) is 0 Å². The molecule has 0 unspecified atom stereocenters. The third kappa shape index (κ3) is 1.05. The number of benzene rings is 1. The van der Waals surface area contributed by atoms with E-state index in [0.717, 1.165) is 6.07 Å². The summed E-state index contributed by atoms with van der Waals surface area (Å²) in [5, 5.41) is 0. The Morgan fingerprint density at radius 2 is 1.93 bits per heavy atom. The highest BCUT2D eigenvalue weighted by atomic mass is 19.1. The molecule has 74 valence electrons. The Labute approximate surface area is 81.0 Å². The van der Waals surface area contributed by atoms with Crippen molar-refractivity contribution in [3.63, 3.8) is 0 Å². The van der Waals surface area contributed by atoms with Gasteiger partial charge in [0.25, 0.3) is 0 Å². The van der Waals surface area contributed by atoms with Gasteiger partial charge in [-0.3, -0.25) is 0 Å². The summed E-state index contributed by atoms with van der Waals surface area (Å²) in [6, 6.07) is 2.10. The number of rotatable bonds is 0. The largest absolute Gasteiger partial charge is 0.458 e. The molecule has 3 heteroatoms. The van der Waals surface area contributed by atoms with Gasteiger partial charge in [-0.25, -0.2) is 8.78 Å². The lowest BCUT2D eigenvalue weighted by Gasteiger charge is -2.16. The van der Waals surface area contributed by atoms with Crippen molar-refractivity contribution in [2.24, 2.45) is 0 Å². The van der Waals surface area contributed by atoms with Crippen LogP contribution in [0, 0.1) is 11.6 Å². The Morgan fingerprint density at radius 1 is 1.29 bits per heavy atom. The van der Waals surface area contributed by atoms with E-state index in [-0.39, 0.29) is 5.75 Å². The van der Waals surface area contributed by atoms with Gasteiger partial charge in [0.05, 0.1) is 5.41 Å². The zero-order valence-electron chi connectivity index (χ0n) is 8.03. The number of ether oxygens (including phenoxy) is 1. The van der Waals surface area contributed by atoms with Crippen LogP contribution in [0.3, 0.4) is 0 Å². The van der Waals surface area contributed by atoms with E-state index in [1.807, 2.05) is 13.8 Å². The van der Waals surface area contributed by atoms with E-state index in [2.05, 4.69) is 6.58 Å². The normalized spacial score (nSPS) is 17.9. The van der Waals surface area contributed by atoms with Crippen molar-refractivity contribution >= 4 is 0 Å². The fraction of sp³-hybridized carbons (Fsp3) is 0.273. The Bertz CT molecular complexity index is 422. The van der Waals surface area contributed by atoms with Crippen molar-refractivity contribution in [3.8, 4) is 5.75 Å². The van der Waals surface area contributed by atoms with Gasteiger partial charge in [0.2, 0.25) is 0 Å². The van der Waals surface area contributed by atoms with Crippen LogP contribution < -0.4 is 4.74 Å². The van der Waals surface area contributed by atoms with Crippen LogP contribution >= 0.6 is 0 Å². The maximum absolute atomic E-state index is 13.3. The number of allylic oxidation sites excluding steroid dienone is 1. The molecule has 1 nitrogen and oxygen atoms in total. The summed E-state index contributed by atoms with van der Waals surface area (Å²) >= 11 is 0. The monoisotopic (exact) mass is 196 g/mol. The molecular weight excluding hydrogens is 186 g/mol. The second-order valence-electron chi connectivity index (χ2n) is 3.91. The number of fused-ring (bicyclic) bond motifs is 1. The van der Waals surface area contributed by atoms with E-state index in [9.17, 15) is 8.78 Å². The first-order valence-electron chi connectivity index (χ1n) is 4.29. The summed E-state index contributed by atoms with van der Waals surface area (Å²) < 4.78 is 31.4. The molecule has 1 heterocycles. The fourth-order valence-electron chi connectivity index (χ4n) is 1.53. The van der Waals surface area contributed by atoms with Crippen LogP contribution in [-0.4, -0.2) is 0 Å². The molecular formula is C11H10F2O. The molecule has 0 aromatic heterocycles. The molecule has 0 fully saturated rings. The lowest BCUT2D eigenvalue weighted by molar-refractivity contribution is 0.379. The molecule has 1 aliphatic rings. The first-order chi connectivity index (χ1) is 6.43. The molecule has 0 spiro atoms. The second-order valence-corrected chi connectivity index (χ2v) is 3.91. The summed E-state index contributed by atoms with van der Waals surface area (Å²) in [6.07, 6.45) is 0. The molecule has 1 aromatic rings. The van der Waals surface area contributed by atoms with Gasteiger partial charge in [-0.1, -0.05) is 6.58 Å². The topological polar surface area (TPSA) is 9.23 Å². The Balaban J connectivity index is 2.71. The van der Waals surface area contributed by atoms with Crippen molar-refractivity contribution in [3.05, 3.63) is 41.7 Å². The molecule has 0 radical (unpaired) electrons. The molecule has 0 atom stereocenters. The number of hydrogen-bond acceptors (Lipinski definition) is 1. The van der Waals surface area contributed by atoms with Gasteiger partial charge in [-0.2, -0.15) is 0 Å². The van der Waals surface area contributed by atoms with Gasteiger partial charge in [0.1, 0.15) is 11.6 Å². The highest BCUT2D eigenvalue weighted by Gasteiger charge is 2.38. The van der Waals surface area contributed by atoms with E-state index in [1.54, 1.807) is 0 Å². The minimum absolute atomic E-state index is 0.0985. The highest BCUT2D eigenvalue weighted by molar-refractivity contribution is 5.50. The lowest BCUT2D eigenvalue weighted by Crippen LogP contribution is -2.15. The van der Waals surface area contributed by atoms with Crippen LogP contribution in [0.25, 0.3) is 0 Å². The van der Waals surface area contributed by atoms with Crippen LogP contribution in [0.15, 0.2) is 24.5 Å². The van der Waals surface area contributed by atoms with Crippen molar-refractivity contribution < 1.29 is 13.5 Å². The SMILES string of the molecule is C=C1Oc2c(F)cc(F)cc2C1(C)C. The third-order valence-corrected chi connectivity index (χ3v) is 2.60. The fourth-order valence-corrected chi connectivity index (χ4v) is 1.53. The maximum atomic E-state index is 13.3. The standard InChI is InChI=1S/C11H10F2O/c1-6-11(2,3)8-4-7(12)5-9(13)10(8)14-6/h4-5H,1H2,2-3H3. The highest BCUT2D eigenvalue weighted by Crippen LogP contribution is 2.45. The third-order valence-electron chi connectivity index (χ3n) is 2.60. The maximum Gasteiger partial charge on any atom is 0.168 e. The van der Waals surface area contributed by atoms with Crippen LogP contribution in [0.4, 0.5) is 8.78 Å². The van der Waals surface area contributed by atoms with Gasteiger partial charge in [0.15, 0.2) is 11.6 Å². The quantitative estimate of drug-likeness (QED) is 0.619. The van der Waals surface area contributed by atoms with E-state index in [4.69, 9.17) is 4.74 Å². The zero-order valence-corrected chi connectivity index (χ0v) is 8.03. The summed E-state index contributed by atoms with van der Waals surface area (Å²) in [5.41, 5.74) is -0.0156. The predicted molar refractivity (Wildman–Crippen MR) is 49.2 cm³/mol. The first-order valence-corrected chi connectivity index (χ1v) is 4.29. The van der Waals surface area contributed by atoms with Crippen molar-refractivity contribution in [1.82, 2.24) is 0 Å². The zero-order chi connectivity index (χ0) is 10.5. The molecule has 0 amide bonds. The summed E-state index contributed by atoms with van der Waals surface area (Å²) in [7, 11) is 0. The second kappa shape index (κ2) is 2.56. The van der Waals surface area contributed by atoms with Crippen LogP contribution in [0.2, 0.25) is 0 Å². The Morgan fingerprint density at radius 3 is 2.57 bits per heavy atom. The van der Waals surface area contributed by atoms with Gasteiger partial charge >= 0.3 is 0 Å². The van der Waals surface area contributed by atoms with E-state index in [1.165, 1.54) is 6.07 Å². The minimum atomic E-state index is -0.674. The predicted octanol–water partition coefficient (Wildman–Crippen LogP) is 3.15. The van der Waals surface area contributed by atoms with E-state index >= 15 is 0 Å². The molecule has 2 rings (SSSR count). The Kier molecular flexibility index (Phi) is 1.68. The van der Waals surface area contributed by atoms with Crippen molar-refractivity contribution in [2.75, 3.05) is 0 Å². The molecule has 1 aliphatic heterocycles. The minimum Gasteiger partial charge on any atom is -0.458 e. The molecule has 0 aliphatic carbocycles. The number of hydrogen-bond donors (Lipinski definition) is 0. The molecule has 1 aromatic carbocycles. The van der Waals surface area contributed by atoms with Crippen molar-refractivity contribution in [2.45, 2.75) is 19.3 Å². The Hall–Kier alpha value is -1.38. The molecule has 0 N–H and O–H groups in total. The molecule has 0 saturated carbocycles. The van der Waals surface area contributed by atoms with E-state index < -0.39 is 17.0 Å². The van der Waals surface area contributed by atoms with Gasteiger partial charge < -0.3 is 4.74 Å². The summed E-state index contributed by atoms with van der Waals surface area (Å²) in [5.74, 6) is -0.724. The van der Waals surface area contributed by atoms with Crippen LogP contribution in [0.1, 0.15) is 19.4 Å². The summed E-state index contributed by atoms with van der Waals surface area (Å²) in [6.45, 7) is 7.32.